The minimum atomic E-state index is -0.212. The summed E-state index contributed by atoms with van der Waals surface area (Å²) in [7, 11) is 0. The van der Waals surface area contributed by atoms with E-state index in [4.69, 9.17) is 5.73 Å². The third-order valence-corrected chi connectivity index (χ3v) is 3.94. The third kappa shape index (κ3) is 2.59. The van der Waals surface area contributed by atoms with Gasteiger partial charge in [0.05, 0.1) is 10.6 Å². The summed E-state index contributed by atoms with van der Waals surface area (Å²) in [6.45, 7) is 3.96. The highest BCUT2D eigenvalue weighted by atomic mass is 32.1. The summed E-state index contributed by atoms with van der Waals surface area (Å²) in [5.74, 6) is 0.925. The summed E-state index contributed by atoms with van der Waals surface area (Å²) >= 11 is 1.58. The highest BCUT2D eigenvalue weighted by molar-refractivity contribution is 7.13. The van der Waals surface area contributed by atoms with Gasteiger partial charge < -0.3 is 5.73 Å². The molecule has 0 unspecified atom stereocenters. The summed E-state index contributed by atoms with van der Waals surface area (Å²) in [4.78, 5) is 19.9. The number of thiophene rings is 1. The molecular weight excluding hydrogens is 286 g/mol. The number of hydrogen-bond acceptors (Lipinski definition) is 5. The third-order valence-electron chi connectivity index (χ3n) is 3.05. The molecule has 3 rings (SSSR count). The number of anilines is 1. The Morgan fingerprint density at radius 3 is 2.86 bits per heavy atom. The predicted octanol–water partition coefficient (Wildman–Crippen LogP) is 2.39. The van der Waals surface area contributed by atoms with E-state index in [0.717, 1.165) is 10.6 Å². The van der Waals surface area contributed by atoms with Gasteiger partial charge in [-0.1, -0.05) is 19.9 Å². The van der Waals surface area contributed by atoms with Crippen LogP contribution in [-0.4, -0.2) is 19.7 Å². The van der Waals surface area contributed by atoms with Crippen molar-refractivity contribution in [2.45, 2.75) is 19.8 Å². The van der Waals surface area contributed by atoms with Gasteiger partial charge >= 0.3 is 0 Å². The molecule has 0 aliphatic rings. The van der Waals surface area contributed by atoms with E-state index in [1.807, 2.05) is 31.4 Å². The maximum atomic E-state index is 11.8. The summed E-state index contributed by atoms with van der Waals surface area (Å²) in [5, 5.41) is 6.41. The van der Waals surface area contributed by atoms with Crippen LogP contribution in [0.1, 0.15) is 25.5 Å². The lowest BCUT2D eigenvalue weighted by molar-refractivity contribution is 0.756. The number of aromatic nitrogens is 4. The van der Waals surface area contributed by atoms with Crippen LogP contribution in [0.3, 0.4) is 0 Å². The second kappa shape index (κ2) is 5.17. The molecule has 0 fully saturated rings. The van der Waals surface area contributed by atoms with E-state index in [0.29, 0.717) is 17.5 Å². The van der Waals surface area contributed by atoms with E-state index >= 15 is 0 Å². The maximum Gasteiger partial charge on any atom is 0.252 e. The predicted molar refractivity (Wildman–Crippen MR) is 83.8 cm³/mol. The van der Waals surface area contributed by atoms with Gasteiger partial charge in [0.1, 0.15) is 11.5 Å². The monoisotopic (exact) mass is 301 g/mol. The van der Waals surface area contributed by atoms with Crippen LogP contribution in [0.2, 0.25) is 0 Å². The Hall–Kier alpha value is -2.41. The van der Waals surface area contributed by atoms with Gasteiger partial charge in [0.15, 0.2) is 0 Å². The first-order valence-corrected chi connectivity index (χ1v) is 7.43. The van der Waals surface area contributed by atoms with Crippen molar-refractivity contribution in [2.24, 2.45) is 0 Å². The van der Waals surface area contributed by atoms with E-state index in [1.54, 1.807) is 17.4 Å². The molecule has 0 aliphatic heterocycles. The zero-order valence-corrected chi connectivity index (χ0v) is 12.5. The second-order valence-electron chi connectivity index (χ2n) is 4.99. The van der Waals surface area contributed by atoms with Gasteiger partial charge in [0.25, 0.3) is 5.56 Å². The molecule has 0 bridgehead atoms. The first kappa shape index (κ1) is 13.6. The first-order chi connectivity index (χ1) is 10.0. The molecule has 0 aromatic carbocycles. The molecule has 6 nitrogen and oxygen atoms in total. The van der Waals surface area contributed by atoms with E-state index in [1.165, 1.54) is 10.7 Å². The van der Waals surface area contributed by atoms with Gasteiger partial charge in [-0.2, -0.15) is 9.78 Å². The normalized spacial score (nSPS) is 11.2. The molecule has 0 atom stereocenters. The average molecular weight is 301 g/mol. The summed E-state index contributed by atoms with van der Waals surface area (Å²) in [5.41, 5.74) is 7.26. The Morgan fingerprint density at radius 2 is 2.19 bits per heavy atom. The van der Waals surface area contributed by atoms with E-state index in [2.05, 4.69) is 15.1 Å². The highest BCUT2D eigenvalue weighted by Crippen LogP contribution is 2.25. The molecule has 0 saturated heterocycles. The highest BCUT2D eigenvalue weighted by Gasteiger charge is 2.13. The molecule has 3 N–H and O–H groups in total. The zero-order valence-electron chi connectivity index (χ0n) is 11.7. The number of nitrogen functional groups attached to an aromatic ring is 1. The van der Waals surface area contributed by atoms with Crippen LogP contribution in [-0.2, 0) is 0 Å². The van der Waals surface area contributed by atoms with Crippen molar-refractivity contribution in [1.29, 1.82) is 0 Å². The second-order valence-corrected chi connectivity index (χ2v) is 5.94. The quantitative estimate of drug-likeness (QED) is 0.777. The first-order valence-electron chi connectivity index (χ1n) is 6.55. The summed E-state index contributed by atoms with van der Waals surface area (Å²) in [6.07, 6.45) is 0. The van der Waals surface area contributed by atoms with Crippen LogP contribution in [0.25, 0.3) is 16.5 Å². The summed E-state index contributed by atoms with van der Waals surface area (Å²) in [6, 6.07) is 7.19. The molecule has 3 heterocycles. The molecule has 3 aromatic rings. The SMILES string of the molecule is CC(C)c1cc(=O)[nH]c(-n2nc(-c3cccs3)cc2N)n1. The van der Waals surface area contributed by atoms with Gasteiger partial charge in [-0.25, -0.2) is 4.98 Å². The van der Waals surface area contributed by atoms with Gasteiger partial charge in [0, 0.05) is 12.1 Å². The van der Waals surface area contributed by atoms with Crippen molar-refractivity contribution < 1.29 is 0 Å². The van der Waals surface area contributed by atoms with Crippen molar-refractivity contribution in [1.82, 2.24) is 19.7 Å². The lowest BCUT2D eigenvalue weighted by atomic mass is 10.1. The largest absolute Gasteiger partial charge is 0.383 e. The minimum Gasteiger partial charge on any atom is -0.383 e. The topological polar surface area (TPSA) is 89.6 Å². The Balaban J connectivity index is 2.11. The van der Waals surface area contributed by atoms with Crippen molar-refractivity contribution in [3.63, 3.8) is 0 Å². The van der Waals surface area contributed by atoms with Crippen molar-refractivity contribution in [2.75, 3.05) is 5.73 Å². The van der Waals surface area contributed by atoms with Crippen LogP contribution in [0.5, 0.6) is 0 Å². The molecule has 7 heteroatoms. The molecule has 0 saturated carbocycles. The molecular formula is C14H15N5OS. The number of nitrogens with one attached hydrogen (secondary N) is 1. The van der Waals surface area contributed by atoms with Crippen molar-refractivity contribution in [3.05, 3.63) is 45.7 Å². The fraction of sp³-hybridized carbons (Fsp3) is 0.214. The Labute approximate surface area is 125 Å². The lowest BCUT2D eigenvalue weighted by Crippen LogP contribution is -2.16. The maximum absolute atomic E-state index is 11.8. The van der Waals surface area contributed by atoms with Gasteiger partial charge in [0.2, 0.25) is 5.95 Å². The molecule has 3 aromatic heterocycles. The minimum absolute atomic E-state index is 0.152. The fourth-order valence-corrected chi connectivity index (χ4v) is 2.65. The number of hydrogen-bond donors (Lipinski definition) is 2. The average Bonchev–Trinajstić information content (AvgIpc) is 3.06. The van der Waals surface area contributed by atoms with E-state index in [-0.39, 0.29) is 11.5 Å². The van der Waals surface area contributed by atoms with E-state index < -0.39 is 0 Å². The fourth-order valence-electron chi connectivity index (χ4n) is 1.97. The Bertz CT molecular complexity index is 816. The zero-order chi connectivity index (χ0) is 15.0. The van der Waals surface area contributed by atoms with Crippen LogP contribution in [0.15, 0.2) is 34.4 Å². The molecule has 0 aliphatic carbocycles. The van der Waals surface area contributed by atoms with Gasteiger partial charge in [-0.15, -0.1) is 11.3 Å². The number of H-pyrrole nitrogens is 1. The smallest absolute Gasteiger partial charge is 0.252 e. The molecule has 0 spiro atoms. The Morgan fingerprint density at radius 1 is 1.38 bits per heavy atom. The van der Waals surface area contributed by atoms with Gasteiger partial charge in [-0.05, 0) is 17.4 Å². The number of nitrogens with two attached hydrogens (primary N) is 1. The molecule has 0 radical (unpaired) electrons. The van der Waals surface area contributed by atoms with Gasteiger partial charge in [-0.3, -0.25) is 9.78 Å². The van der Waals surface area contributed by atoms with Crippen LogP contribution >= 0.6 is 11.3 Å². The molecule has 21 heavy (non-hydrogen) atoms. The van der Waals surface area contributed by atoms with Crippen molar-refractivity contribution >= 4 is 17.2 Å². The number of nitrogens with zero attached hydrogens (tertiary/aromatic N) is 3. The standard InChI is InChI=1S/C14H15N5OS/c1-8(2)9-7-13(20)17-14(16-9)19-12(15)6-10(18-19)11-4-3-5-21-11/h3-8H,15H2,1-2H3,(H,16,17,20). The lowest BCUT2D eigenvalue weighted by Gasteiger charge is -2.07. The molecule has 108 valence electrons. The van der Waals surface area contributed by atoms with E-state index in [9.17, 15) is 4.79 Å². The van der Waals surface area contributed by atoms with Crippen LogP contribution in [0.4, 0.5) is 5.82 Å². The molecule has 0 amide bonds. The van der Waals surface area contributed by atoms with Crippen LogP contribution < -0.4 is 11.3 Å². The number of rotatable bonds is 3. The summed E-state index contributed by atoms with van der Waals surface area (Å²) < 4.78 is 1.46. The van der Waals surface area contributed by atoms with Crippen molar-refractivity contribution in [3.8, 4) is 16.5 Å². The number of aromatic amines is 1. The Kier molecular flexibility index (Phi) is 3.34. The van der Waals surface area contributed by atoms with Crippen LogP contribution in [0, 0.1) is 0 Å².